The van der Waals surface area contributed by atoms with Crippen LogP contribution >= 0.6 is 11.6 Å². The quantitative estimate of drug-likeness (QED) is 0.337. The molecular weight excluding hydrogens is 398 g/mol. The Hall–Kier alpha value is -3.70. The number of carbonyl (C=O) groups is 1. The van der Waals surface area contributed by atoms with Crippen LogP contribution in [0.1, 0.15) is 16.8 Å². The second-order valence-electron chi connectivity index (χ2n) is 6.94. The summed E-state index contributed by atoms with van der Waals surface area (Å²) in [6.45, 7) is 1.84. The second kappa shape index (κ2) is 7.28. The highest BCUT2D eigenvalue weighted by molar-refractivity contribution is 6.31. The Bertz CT molecular complexity index is 1350. The van der Waals surface area contributed by atoms with Crippen LogP contribution < -0.4 is 0 Å². The number of rotatable bonds is 3. The molecule has 0 spiro atoms. The van der Waals surface area contributed by atoms with Crippen molar-refractivity contribution in [3.8, 4) is 5.69 Å². The summed E-state index contributed by atoms with van der Waals surface area (Å²) in [6.07, 6.45) is 1.63. The standard InChI is InChI=1S/C24H16ClN3O2/c1-15-20(22(25)28(27-15)19-9-3-2-4-10-19)14-21-24(29)30-23(26-21)18-12-11-16-7-5-6-8-17(16)13-18/h2-14H,1H3/b21-14+. The fourth-order valence-electron chi connectivity index (χ4n) is 3.41. The van der Waals surface area contributed by atoms with Gasteiger partial charge in [0.25, 0.3) is 0 Å². The van der Waals surface area contributed by atoms with Gasteiger partial charge in [-0.1, -0.05) is 60.1 Å². The van der Waals surface area contributed by atoms with E-state index in [2.05, 4.69) is 10.1 Å². The maximum absolute atomic E-state index is 12.4. The summed E-state index contributed by atoms with van der Waals surface area (Å²) in [5, 5.41) is 7.07. The van der Waals surface area contributed by atoms with E-state index in [9.17, 15) is 4.79 Å². The zero-order chi connectivity index (χ0) is 20.7. The first-order chi connectivity index (χ1) is 14.6. The van der Waals surface area contributed by atoms with E-state index in [-0.39, 0.29) is 11.6 Å². The van der Waals surface area contributed by atoms with Gasteiger partial charge in [-0.2, -0.15) is 5.10 Å². The average molecular weight is 414 g/mol. The first-order valence-electron chi connectivity index (χ1n) is 9.42. The zero-order valence-electron chi connectivity index (χ0n) is 16.0. The monoisotopic (exact) mass is 413 g/mol. The van der Waals surface area contributed by atoms with Crippen molar-refractivity contribution < 1.29 is 9.53 Å². The fourth-order valence-corrected chi connectivity index (χ4v) is 3.73. The van der Waals surface area contributed by atoms with Crippen molar-refractivity contribution in [2.75, 3.05) is 0 Å². The van der Waals surface area contributed by atoms with E-state index in [0.717, 1.165) is 22.0 Å². The lowest BCUT2D eigenvalue weighted by Crippen LogP contribution is -2.05. The largest absolute Gasteiger partial charge is 0.402 e. The van der Waals surface area contributed by atoms with Crippen LogP contribution in [0.15, 0.2) is 83.5 Å². The van der Waals surface area contributed by atoms with Crippen LogP contribution in [0.3, 0.4) is 0 Å². The van der Waals surface area contributed by atoms with E-state index in [0.29, 0.717) is 16.4 Å². The molecule has 1 aliphatic heterocycles. The van der Waals surface area contributed by atoms with Crippen molar-refractivity contribution in [2.24, 2.45) is 4.99 Å². The van der Waals surface area contributed by atoms with Crippen molar-refractivity contribution in [3.05, 3.63) is 100 Å². The van der Waals surface area contributed by atoms with Crippen LogP contribution in [-0.2, 0) is 9.53 Å². The third kappa shape index (κ3) is 3.19. The average Bonchev–Trinajstić information content (AvgIpc) is 3.28. The number of aromatic nitrogens is 2. The molecule has 1 aliphatic rings. The van der Waals surface area contributed by atoms with Crippen molar-refractivity contribution in [3.63, 3.8) is 0 Å². The molecule has 0 atom stereocenters. The van der Waals surface area contributed by atoms with Gasteiger partial charge in [0.1, 0.15) is 5.15 Å². The number of halogens is 1. The van der Waals surface area contributed by atoms with Gasteiger partial charge in [0.2, 0.25) is 5.90 Å². The first-order valence-corrected chi connectivity index (χ1v) is 9.80. The molecule has 0 aliphatic carbocycles. The number of hydrogen-bond acceptors (Lipinski definition) is 4. The lowest BCUT2D eigenvalue weighted by Gasteiger charge is -2.02. The molecule has 0 unspecified atom stereocenters. The molecule has 5 nitrogen and oxygen atoms in total. The van der Waals surface area contributed by atoms with Gasteiger partial charge in [0.05, 0.1) is 11.4 Å². The highest BCUT2D eigenvalue weighted by atomic mass is 35.5. The summed E-state index contributed by atoms with van der Waals surface area (Å²) in [4.78, 5) is 16.9. The Morgan fingerprint density at radius 3 is 2.50 bits per heavy atom. The number of benzene rings is 3. The molecule has 2 heterocycles. The van der Waals surface area contributed by atoms with Crippen LogP contribution in [0.25, 0.3) is 22.5 Å². The molecule has 5 rings (SSSR count). The molecule has 6 heteroatoms. The minimum absolute atomic E-state index is 0.191. The summed E-state index contributed by atoms with van der Waals surface area (Å²) in [5.74, 6) is -0.234. The molecule has 0 saturated heterocycles. The third-order valence-corrected chi connectivity index (χ3v) is 5.31. The highest BCUT2D eigenvalue weighted by Gasteiger charge is 2.26. The number of para-hydroxylation sites is 1. The lowest BCUT2D eigenvalue weighted by molar-refractivity contribution is -0.129. The molecule has 146 valence electrons. The first kappa shape index (κ1) is 18.3. The Morgan fingerprint density at radius 2 is 1.70 bits per heavy atom. The maximum atomic E-state index is 12.4. The smallest absolute Gasteiger partial charge is 0.363 e. The number of carbonyl (C=O) groups excluding carboxylic acids is 1. The maximum Gasteiger partial charge on any atom is 0.363 e. The van der Waals surface area contributed by atoms with E-state index >= 15 is 0 Å². The summed E-state index contributed by atoms with van der Waals surface area (Å²) in [7, 11) is 0. The van der Waals surface area contributed by atoms with Crippen molar-refractivity contribution >= 4 is 40.3 Å². The molecule has 4 aromatic rings. The number of esters is 1. The SMILES string of the molecule is Cc1nn(-c2ccccc2)c(Cl)c1/C=C1/N=C(c2ccc3ccccc3c2)OC1=O. The van der Waals surface area contributed by atoms with Crippen molar-refractivity contribution in [2.45, 2.75) is 6.92 Å². The summed E-state index contributed by atoms with van der Waals surface area (Å²) < 4.78 is 7.06. The third-order valence-electron chi connectivity index (χ3n) is 4.95. The van der Waals surface area contributed by atoms with E-state index in [1.807, 2.05) is 79.7 Å². The van der Waals surface area contributed by atoms with Gasteiger partial charge >= 0.3 is 5.97 Å². The van der Waals surface area contributed by atoms with Crippen LogP contribution in [0, 0.1) is 6.92 Å². The normalized spacial score (nSPS) is 14.9. The number of fused-ring (bicyclic) bond motifs is 1. The molecule has 0 fully saturated rings. The number of aryl methyl sites for hydroxylation is 1. The molecule has 0 saturated carbocycles. The minimum Gasteiger partial charge on any atom is -0.402 e. The molecule has 30 heavy (non-hydrogen) atoms. The minimum atomic E-state index is -0.513. The van der Waals surface area contributed by atoms with Gasteiger partial charge < -0.3 is 4.74 Å². The Labute approximate surface area is 177 Å². The van der Waals surface area contributed by atoms with Crippen LogP contribution in [-0.4, -0.2) is 21.6 Å². The van der Waals surface area contributed by atoms with Gasteiger partial charge in [-0.25, -0.2) is 14.5 Å². The molecule has 0 radical (unpaired) electrons. The number of cyclic esters (lactones) is 1. The Kier molecular flexibility index (Phi) is 4.45. The number of hydrogen-bond donors (Lipinski definition) is 0. The lowest BCUT2D eigenvalue weighted by atomic mass is 10.1. The number of nitrogens with zero attached hydrogens (tertiary/aromatic N) is 3. The Balaban J connectivity index is 1.53. The molecule has 1 aromatic heterocycles. The predicted molar refractivity (Wildman–Crippen MR) is 118 cm³/mol. The summed E-state index contributed by atoms with van der Waals surface area (Å²) in [5.41, 5.74) is 3.10. The molecule has 0 amide bonds. The topological polar surface area (TPSA) is 56.5 Å². The van der Waals surface area contributed by atoms with Gasteiger partial charge in [-0.05, 0) is 48.0 Å². The van der Waals surface area contributed by atoms with Gasteiger partial charge in [-0.3, -0.25) is 0 Å². The van der Waals surface area contributed by atoms with Gasteiger partial charge in [-0.15, -0.1) is 0 Å². The summed E-state index contributed by atoms with van der Waals surface area (Å²) >= 11 is 6.56. The van der Waals surface area contributed by atoms with E-state index in [4.69, 9.17) is 16.3 Å². The second-order valence-corrected chi connectivity index (χ2v) is 7.29. The number of aliphatic imine (C=N–C) groups is 1. The zero-order valence-corrected chi connectivity index (χ0v) is 16.8. The number of ether oxygens (including phenoxy) is 1. The van der Waals surface area contributed by atoms with E-state index in [1.165, 1.54) is 0 Å². The van der Waals surface area contributed by atoms with Crippen molar-refractivity contribution in [1.29, 1.82) is 0 Å². The van der Waals surface area contributed by atoms with Crippen LogP contribution in [0.2, 0.25) is 5.15 Å². The predicted octanol–water partition coefficient (Wildman–Crippen LogP) is 5.33. The van der Waals surface area contributed by atoms with Crippen LogP contribution in [0.5, 0.6) is 0 Å². The molecule has 0 N–H and O–H groups in total. The highest BCUT2D eigenvalue weighted by Crippen LogP contribution is 2.28. The van der Waals surface area contributed by atoms with Crippen LogP contribution in [0.4, 0.5) is 0 Å². The summed E-state index contributed by atoms with van der Waals surface area (Å²) in [6, 6.07) is 23.4. The van der Waals surface area contributed by atoms with Crippen molar-refractivity contribution in [1.82, 2.24) is 9.78 Å². The Morgan fingerprint density at radius 1 is 0.967 bits per heavy atom. The molecular formula is C24H16ClN3O2. The molecule has 3 aromatic carbocycles. The van der Waals surface area contributed by atoms with Gasteiger partial charge in [0.15, 0.2) is 5.70 Å². The van der Waals surface area contributed by atoms with Gasteiger partial charge in [0, 0.05) is 11.1 Å². The fraction of sp³-hybridized carbons (Fsp3) is 0.0417. The van der Waals surface area contributed by atoms with E-state index < -0.39 is 5.97 Å². The van der Waals surface area contributed by atoms with E-state index in [1.54, 1.807) is 10.8 Å². The molecule has 0 bridgehead atoms.